The number of fused-ring (bicyclic) bond motifs is 3. The van der Waals surface area contributed by atoms with Crippen LogP contribution in [0.2, 0.25) is 0 Å². The van der Waals surface area contributed by atoms with Crippen LogP contribution >= 0.6 is 0 Å². The number of rotatable bonds is 6. The molecule has 1 N–H and O–H groups in total. The maximum absolute atomic E-state index is 11.9. The van der Waals surface area contributed by atoms with Gasteiger partial charge in [-0.1, -0.05) is 12.2 Å². The summed E-state index contributed by atoms with van der Waals surface area (Å²) < 4.78 is 11.1. The van der Waals surface area contributed by atoms with Crippen molar-refractivity contribution < 1.29 is 19.4 Å². The number of allylic oxidation sites excluding steroid dienone is 1. The smallest absolute Gasteiger partial charge is 0.338 e. The van der Waals surface area contributed by atoms with E-state index in [1.54, 1.807) is 25.1 Å². The van der Waals surface area contributed by atoms with Crippen molar-refractivity contribution in [3.8, 4) is 5.75 Å². The van der Waals surface area contributed by atoms with Crippen LogP contribution in [0.4, 0.5) is 0 Å². The van der Waals surface area contributed by atoms with Gasteiger partial charge in [-0.2, -0.15) is 0 Å². The van der Waals surface area contributed by atoms with E-state index in [9.17, 15) is 9.90 Å². The molecule has 3 aliphatic rings. The molecule has 0 amide bonds. The first kappa shape index (κ1) is 20.5. The lowest BCUT2D eigenvalue weighted by molar-refractivity contribution is -0.131. The maximum atomic E-state index is 11.9. The van der Waals surface area contributed by atoms with Crippen molar-refractivity contribution in [2.45, 2.75) is 32.3 Å². The number of carbonyl (C=O) groups is 1. The fourth-order valence-electron chi connectivity index (χ4n) is 3.84. The molecule has 1 atom stereocenters. The Labute approximate surface area is 157 Å². The van der Waals surface area contributed by atoms with Gasteiger partial charge in [-0.3, -0.25) is 0 Å². The van der Waals surface area contributed by atoms with Gasteiger partial charge >= 0.3 is 5.97 Å². The molecule has 3 aliphatic heterocycles. The molecule has 2 bridgehead atoms. The minimum atomic E-state index is -0.788. The first-order chi connectivity index (χ1) is 12.1. The van der Waals surface area contributed by atoms with Crippen LogP contribution in [0.15, 0.2) is 24.3 Å². The van der Waals surface area contributed by atoms with E-state index in [1.165, 1.54) is 0 Å². The summed E-state index contributed by atoms with van der Waals surface area (Å²) in [5, 5.41) is 11.0. The Morgan fingerprint density at radius 3 is 2.69 bits per heavy atom. The van der Waals surface area contributed by atoms with Crippen LogP contribution in [0.5, 0.6) is 5.75 Å². The first-order valence-corrected chi connectivity index (χ1v) is 9.07. The van der Waals surface area contributed by atoms with Crippen LogP contribution < -0.4 is 4.74 Å². The van der Waals surface area contributed by atoms with Gasteiger partial charge < -0.3 is 19.5 Å². The number of nitrogens with zero attached hydrogens (tertiary/aromatic N) is 1. The second kappa shape index (κ2) is 8.74. The van der Waals surface area contributed by atoms with E-state index in [0.717, 1.165) is 31.5 Å². The van der Waals surface area contributed by atoms with Crippen LogP contribution in [-0.4, -0.2) is 62.8 Å². The SMILES string of the molecule is B.C/C=C\c1cc(C(=O)OCC)ccc1OCC1(O)CN2CCC1CC2. The molecule has 0 saturated carbocycles. The number of carbonyl (C=O) groups excluding carboxylic acids is 1. The van der Waals surface area contributed by atoms with Gasteiger partial charge in [-0.25, -0.2) is 4.79 Å². The lowest BCUT2D eigenvalue weighted by Gasteiger charge is -2.50. The topological polar surface area (TPSA) is 59.0 Å². The number of piperidine rings is 3. The van der Waals surface area contributed by atoms with Gasteiger partial charge in [0, 0.05) is 12.1 Å². The number of benzene rings is 1. The maximum Gasteiger partial charge on any atom is 0.338 e. The van der Waals surface area contributed by atoms with Gasteiger partial charge in [-0.15, -0.1) is 0 Å². The van der Waals surface area contributed by atoms with Crippen molar-refractivity contribution in [2.24, 2.45) is 5.92 Å². The molecule has 1 aromatic rings. The minimum absolute atomic E-state index is 0. The molecule has 3 heterocycles. The van der Waals surface area contributed by atoms with E-state index in [2.05, 4.69) is 4.90 Å². The molecular formula is C20H30BNO4. The summed E-state index contributed by atoms with van der Waals surface area (Å²) in [6, 6.07) is 5.26. The molecule has 0 aromatic heterocycles. The third kappa shape index (κ3) is 4.30. The van der Waals surface area contributed by atoms with Gasteiger partial charge in [-0.05, 0) is 63.9 Å². The Morgan fingerprint density at radius 2 is 2.12 bits per heavy atom. The van der Waals surface area contributed by atoms with Gasteiger partial charge in [0.25, 0.3) is 0 Å². The quantitative estimate of drug-likeness (QED) is 0.617. The molecular weight excluding hydrogens is 329 g/mol. The van der Waals surface area contributed by atoms with Crippen molar-refractivity contribution in [1.29, 1.82) is 0 Å². The van der Waals surface area contributed by atoms with Gasteiger partial charge in [0.15, 0.2) is 0 Å². The largest absolute Gasteiger partial charge is 0.490 e. The minimum Gasteiger partial charge on any atom is -0.490 e. The molecule has 0 radical (unpaired) electrons. The Hall–Kier alpha value is -1.79. The normalized spacial score (nSPS) is 27.2. The molecule has 4 rings (SSSR count). The van der Waals surface area contributed by atoms with E-state index in [-0.39, 0.29) is 21.0 Å². The summed E-state index contributed by atoms with van der Waals surface area (Å²) in [5.41, 5.74) is 0.533. The Bertz CT molecular complexity index is 655. The Kier molecular flexibility index (Phi) is 6.90. The average Bonchev–Trinajstić information content (AvgIpc) is 2.62. The van der Waals surface area contributed by atoms with Crippen molar-refractivity contribution in [3.63, 3.8) is 0 Å². The standard InChI is InChI=1S/C20H27NO4.BH3/c1-3-5-15-12-16(19(22)24-4-2)6-7-18(15)25-14-20(23)13-21-10-8-17(20)9-11-21;/h3,5-7,12,17,23H,4,8-11,13-14H2,1-2H3;1H3/b5-3-;. The van der Waals surface area contributed by atoms with E-state index in [4.69, 9.17) is 9.47 Å². The molecule has 0 spiro atoms. The molecule has 0 aliphatic carbocycles. The number of hydrogen-bond acceptors (Lipinski definition) is 5. The highest BCUT2D eigenvalue weighted by Gasteiger charge is 2.46. The number of hydrogen-bond donors (Lipinski definition) is 1. The summed E-state index contributed by atoms with van der Waals surface area (Å²) in [6.07, 6.45) is 5.87. The predicted octanol–water partition coefficient (Wildman–Crippen LogP) is 1.55. The number of aliphatic hydroxyl groups is 1. The van der Waals surface area contributed by atoms with Crippen molar-refractivity contribution in [2.75, 3.05) is 32.8 Å². The van der Waals surface area contributed by atoms with Crippen LogP contribution in [-0.2, 0) is 4.74 Å². The Morgan fingerprint density at radius 1 is 1.38 bits per heavy atom. The third-order valence-corrected chi connectivity index (χ3v) is 5.19. The first-order valence-electron chi connectivity index (χ1n) is 9.07. The third-order valence-electron chi connectivity index (χ3n) is 5.19. The van der Waals surface area contributed by atoms with Crippen molar-refractivity contribution >= 4 is 20.5 Å². The van der Waals surface area contributed by atoms with Gasteiger partial charge in [0.1, 0.15) is 18.0 Å². The highest BCUT2D eigenvalue weighted by Crippen LogP contribution is 2.36. The highest BCUT2D eigenvalue weighted by atomic mass is 16.5. The molecule has 3 saturated heterocycles. The molecule has 1 unspecified atom stereocenters. The Balaban J connectivity index is 0.00000243. The summed E-state index contributed by atoms with van der Waals surface area (Å²) >= 11 is 0. The summed E-state index contributed by atoms with van der Waals surface area (Å²) in [7, 11) is 0. The molecule has 142 valence electrons. The second-order valence-electron chi connectivity index (χ2n) is 6.92. The zero-order chi connectivity index (χ0) is 17.9. The van der Waals surface area contributed by atoms with Crippen LogP contribution in [0.1, 0.15) is 42.6 Å². The average molecular weight is 359 g/mol. The molecule has 6 heteroatoms. The van der Waals surface area contributed by atoms with Crippen molar-refractivity contribution in [3.05, 3.63) is 35.4 Å². The van der Waals surface area contributed by atoms with E-state index >= 15 is 0 Å². The fraction of sp³-hybridized carbons (Fsp3) is 0.550. The summed E-state index contributed by atoms with van der Waals surface area (Å²) in [6.45, 7) is 7.16. The number of ether oxygens (including phenoxy) is 2. The fourth-order valence-corrected chi connectivity index (χ4v) is 3.84. The van der Waals surface area contributed by atoms with Crippen LogP contribution in [0.3, 0.4) is 0 Å². The molecule has 3 fully saturated rings. The van der Waals surface area contributed by atoms with Crippen LogP contribution in [0.25, 0.3) is 6.08 Å². The monoisotopic (exact) mass is 359 g/mol. The zero-order valence-electron chi connectivity index (χ0n) is 15.0. The molecule has 26 heavy (non-hydrogen) atoms. The van der Waals surface area contributed by atoms with Gasteiger partial charge in [0.05, 0.1) is 20.6 Å². The van der Waals surface area contributed by atoms with Crippen molar-refractivity contribution in [1.82, 2.24) is 4.90 Å². The summed E-state index contributed by atoms with van der Waals surface area (Å²) in [5.74, 6) is 0.647. The highest BCUT2D eigenvalue weighted by molar-refractivity contribution is 5.90. The second-order valence-corrected chi connectivity index (χ2v) is 6.92. The van der Waals surface area contributed by atoms with E-state index < -0.39 is 5.60 Å². The summed E-state index contributed by atoms with van der Waals surface area (Å²) in [4.78, 5) is 14.2. The molecule has 1 aromatic carbocycles. The zero-order valence-corrected chi connectivity index (χ0v) is 15.0. The molecule has 5 nitrogen and oxygen atoms in total. The lowest BCUT2D eigenvalue weighted by atomic mass is 9.76. The van der Waals surface area contributed by atoms with Crippen LogP contribution in [0, 0.1) is 5.92 Å². The van der Waals surface area contributed by atoms with E-state index in [1.807, 2.05) is 19.1 Å². The van der Waals surface area contributed by atoms with Gasteiger partial charge in [0.2, 0.25) is 0 Å². The number of esters is 1. The lowest BCUT2D eigenvalue weighted by Crippen LogP contribution is -2.61. The van der Waals surface area contributed by atoms with E-state index in [0.29, 0.717) is 30.4 Å². The predicted molar refractivity (Wildman–Crippen MR) is 107 cm³/mol.